The lowest BCUT2D eigenvalue weighted by atomic mass is 10.0. The number of hydrogen-bond donors (Lipinski definition) is 3. The number of ether oxygens (including phenoxy) is 1. The fourth-order valence-corrected chi connectivity index (χ4v) is 7.14. The van der Waals surface area contributed by atoms with Crippen molar-refractivity contribution in [1.82, 2.24) is 0 Å². The molecule has 0 fully saturated rings. The average Bonchev–Trinajstić information content (AvgIpc) is 3.07. The first kappa shape index (κ1) is 48.5. The number of aliphatic hydroxyl groups is 2. The second kappa shape index (κ2) is 38.8. The van der Waals surface area contributed by atoms with Gasteiger partial charge in [0.2, 0.25) is 0 Å². The molecule has 49 heavy (non-hydrogen) atoms. The molecule has 0 aromatic rings. The van der Waals surface area contributed by atoms with E-state index in [-0.39, 0.29) is 25.6 Å². The highest BCUT2D eigenvalue weighted by molar-refractivity contribution is 7.32. The molecule has 0 aliphatic rings. The first-order valence-corrected chi connectivity index (χ1v) is 22.6. The zero-order valence-corrected chi connectivity index (χ0v) is 33.5. The SMILES string of the molecule is CCCCCCCCCCCCCCCCCC(CCCCCCCCCCCCCCCCC)OC(=O)CC(O)CC(O)CO[PH](=O)O. The zero-order chi connectivity index (χ0) is 36.0. The second-order valence-electron chi connectivity index (χ2n) is 14.9. The molecule has 8 heteroatoms. The van der Waals surface area contributed by atoms with Gasteiger partial charge in [0.1, 0.15) is 6.10 Å². The lowest BCUT2D eigenvalue weighted by Crippen LogP contribution is -2.26. The van der Waals surface area contributed by atoms with Gasteiger partial charge in [0, 0.05) is 6.42 Å². The Morgan fingerprint density at radius 2 is 0.816 bits per heavy atom. The van der Waals surface area contributed by atoms with Crippen LogP contribution in [0.4, 0.5) is 0 Å². The quantitative estimate of drug-likeness (QED) is 0.0328. The third-order valence-electron chi connectivity index (χ3n) is 9.90. The summed E-state index contributed by atoms with van der Waals surface area (Å²) in [5, 5.41) is 20.2. The largest absolute Gasteiger partial charge is 0.462 e. The monoisotopic (exact) mass is 719 g/mol. The van der Waals surface area contributed by atoms with Crippen LogP contribution in [-0.4, -0.2) is 46.0 Å². The molecule has 294 valence electrons. The molecule has 0 amide bonds. The van der Waals surface area contributed by atoms with E-state index in [1.54, 1.807) is 0 Å². The van der Waals surface area contributed by atoms with Gasteiger partial charge >= 0.3 is 14.2 Å². The van der Waals surface area contributed by atoms with Crippen molar-refractivity contribution < 1.29 is 33.7 Å². The van der Waals surface area contributed by atoms with E-state index in [0.717, 1.165) is 38.5 Å². The summed E-state index contributed by atoms with van der Waals surface area (Å²) < 4.78 is 21.1. The number of carbonyl (C=O) groups is 1. The molecule has 0 heterocycles. The maximum Gasteiger partial charge on any atom is 0.316 e. The molecule has 0 aromatic carbocycles. The molecule has 0 rings (SSSR count). The summed E-state index contributed by atoms with van der Waals surface area (Å²) in [7, 11) is -3.14. The van der Waals surface area contributed by atoms with Crippen LogP contribution >= 0.6 is 8.25 Å². The Kier molecular flexibility index (Phi) is 38.4. The van der Waals surface area contributed by atoms with Crippen molar-refractivity contribution in [2.24, 2.45) is 0 Å². The fraction of sp³-hybridized carbons (Fsp3) is 0.976. The Hall–Kier alpha value is -0.460. The minimum Gasteiger partial charge on any atom is -0.462 e. The normalized spacial score (nSPS) is 13.6. The molecular weight excluding hydrogens is 635 g/mol. The Bertz CT molecular complexity index is 673. The average molecular weight is 719 g/mol. The van der Waals surface area contributed by atoms with Gasteiger partial charge in [0.25, 0.3) is 0 Å². The van der Waals surface area contributed by atoms with Gasteiger partial charge in [-0.25, -0.2) is 0 Å². The van der Waals surface area contributed by atoms with Crippen LogP contribution in [0.15, 0.2) is 0 Å². The van der Waals surface area contributed by atoms with Crippen LogP contribution in [0.2, 0.25) is 0 Å². The third kappa shape index (κ3) is 38.6. The highest BCUT2D eigenvalue weighted by atomic mass is 31.1. The summed E-state index contributed by atoms with van der Waals surface area (Å²) in [4.78, 5) is 21.4. The summed E-state index contributed by atoms with van der Waals surface area (Å²) in [6.07, 6.45) is 38.8. The summed E-state index contributed by atoms with van der Waals surface area (Å²) >= 11 is 0. The highest BCUT2D eigenvalue weighted by Crippen LogP contribution is 2.20. The van der Waals surface area contributed by atoms with Crippen molar-refractivity contribution in [3.63, 3.8) is 0 Å². The number of aliphatic hydroxyl groups excluding tert-OH is 2. The van der Waals surface area contributed by atoms with Gasteiger partial charge < -0.3 is 24.4 Å². The van der Waals surface area contributed by atoms with Crippen LogP contribution in [0, 0.1) is 0 Å². The topological polar surface area (TPSA) is 113 Å². The summed E-state index contributed by atoms with van der Waals surface area (Å²) in [6, 6.07) is 0. The van der Waals surface area contributed by atoms with E-state index in [1.807, 2.05) is 0 Å². The Morgan fingerprint density at radius 1 is 0.510 bits per heavy atom. The fourth-order valence-electron chi connectivity index (χ4n) is 6.81. The van der Waals surface area contributed by atoms with Crippen LogP contribution in [-0.2, 0) is 18.6 Å². The third-order valence-corrected chi connectivity index (χ3v) is 10.3. The van der Waals surface area contributed by atoms with Crippen molar-refractivity contribution in [3.05, 3.63) is 0 Å². The Balaban J connectivity index is 4.19. The molecule has 3 unspecified atom stereocenters. The Labute approximate surface area is 304 Å². The lowest BCUT2D eigenvalue weighted by molar-refractivity contribution is -0.152. The molecular formula is C41H83O7P. The predicted molar refractivity (Wildman–Crippen MR) is 207 cm³/mol. The van der Waals surface area contributed by atoms with Gasteiger partial charge in [-0.1, -0.05) is 194 Å². The van der Waals surface area contributed by atoms with E-state index in [0.29, 0.717) is 0 Å². The number of carbonyl (C=O) groups excluding carboxylic acids is 1. The summed E-state index contributed by atoms with van der Waals surface area (Å²) in [5.74, 6) is -0.441. The molecule has 7 nitrogen and oxygen atoms in total. The maximum absolute atomic E-state index is 12.7. The van der Waals surface area contributed by atoms with E-state index in [1.165, 1.54) is 167 Å². The minimum absolute atomic E-state index is 0.104. The molecule has 0 spiro atoms. The van der Waals surface area contributed by atoms with Crippen LogP contribution in [0.25, 0.3) is 0 Å². The van der Waals surface area contributed by atoms with Crippen LogP contribution in [0.3, 0.4) is 0 Å². The Morgan fingerprint density at radius 3 is 1.12 bits per heavy atom. The van der Waals surface area contributed by atoms with Gasteiger partial charge in [-0.2, -0.15) is 0 Å². The maximum atomic E-state index is 12.7. The van der Waals surface area contributed by atoms with Crippen molar-refractivity contribution >= 4 is 14.2 Å². The number of esters is 1. The molecule has 0 saturated heterocycles. The van der Waals surface area contributed by atoms with E-state index in [2.05, 4.69) is 18.4 Å². The first-order valence-electron chi connectivity index (χ1n) is 21.3. The van der Waals surface area contributed by atoms with Gasteiger partial charge in [-0.3, -0.25) is 9.36 Å². The first-order chi connectivity index (χ1) is 23.9. The smallest absolute Gasteiger partial charge is 0.316 e. The van der Waals surface area contributed by atoms with Gasteiger partial charge in [0.05, 0.1) is 25.2 Å². The van der Waals surface area contributed by atoms with Crippen LogP contribution in [0.1, 0.15) is 232 Å². The molecule has 0 saturated carbocycles. The molecule has 0 bridgehead atoms. The standard InChI is InChI=1S/C41H83O7P/c1-3-5-7-9-11-13-15-17-19-21-23-25-27-29-31-33-40(48-41(44)36-38(42)35-39(43)37-47-49(45)46)34-32-30-28-26-24-22-20-18-16-14-12-10-8-6-4-2/h38-40,42-43,49H,3-37H2,1-2H3,(H,45,46). The van der Waals surface area contributed by atoms with Crippen molar-refractivity contribution in [2.75, 3.05) is 6.61 Å². The van der Waals surface area contributed by atoms with Gasteiger partial charge in [0.15, 0.2) is 0 Å². The zero-order valence-electron chi connectivity index (χ0n) is 32.5. The molecule has 0 aliphatic heterocycles. The molecule has 0 aromatic heterocycles. The van der Waals surface area contributed by atoms with Crippen molar-refractivity contribution in [2.45, 2.75) is 250 Å². The number of rotatable bonds is 40. The minimum atomic E-state index is -3.14. The number of unbranched alkanes of at least 4 members (excludes halogenated alkanes) is 28. The summed E-state index contributed by atoms with van der Waals surface area (Å²) in [6.45, 7) is 4.20. The van der Waals surface area contributed by atoms with Gasteiger partial charge in [-0.05, 0) is 25.7 Å². The van der Waals surface area contributed by atoms with Crippen molar-refractivity contribution in [3.8, 4) is 0 Å². The van der Waals surface area contributed by atoms with Crippen LogP contribution < -0.4 is 0 Å². The molecule has 3 atom stereocenters. The number of hydrogen-bond acceptors (Lipinski definition) is 6. The lowest BCUT2D eigenvalue weighted by Gasteiger charge is -2.20. The predicted octanol–water partition coefficient (Wildman–Crippen LogP) is 12.3. The highest BCUT2D eigenvalue weighted by Gasteiger charge is 2.20. The van der Waals surface area contributed by atoms with E-state index in [9.17, 15) is 19.6 Å². The molecule has 0 aliphatic carbocycles. The van der Waals surface area contributed by atoms with E-state index in [4.69, 9.17) is 9.63 Å². The summed E-state index contributed by atoms with van der Waals surface area (Å²) in [5.41, 5.74) is 0. The van der Waals surface area contributed by atoms with Crippen molar-refractivity contribution in [1.29, 1.82) is 0 Å². The van der Waals surface area contributed by atoms with E-state index < -0.39 is 26.4 Å². The van der Waals surface area contributed by atoms with Crippen LogP contribution in [0.5, 0.6) is 0 Å². The van der Waals surface area contributed by atoms with Gasteiger partial charge in [-0.15, -0.1) is 0 Å². The van der Waals surface area contributed by atoms with E-state index >= 15 is 0 Å². The molecule has 0 radical (unpaired) electrons. The second-order valence-corrected chi connectivity index (χ2v) is 15.7. The molecule has 3 N–H and O–H groups in total.